The van der Waals surface area contributed by atoms with Crippen LogP contribution in [0.5, 0.6) is 0 Å². The summed E-state index contributed by atoms with van der Waals surface area (Å²) in [7, 11) is 0. The van der Waals surface area contributed by atoms with Crippen LogP contribution < -0.4 is 0 Å². The molecule has 0 spiro atoms. The Kier molecular flexibility index (Phi) is 2.22. The van der Waals surface area contributed by atoms with Gasteiger partial charge in [0.1, 0.15) is 6.07 Å². The second-order valence-electron chi connectivity index (χ2n) is 3.90. The highest BCUT2D eigenvalue weighted by Gasteiger charge is 2.55. The molecule has 0 radical (unpaired) electrons. The van der Waals surface area contributed by atoms with Gasteiger partial charge in [-0.1, -0.05) is 12.8 Å². The molecule has 0 bridgehead atoms. The zero-order chi connectivity index (χ0) is 9.26. The lowest BCUT2D eigenvalue weighted by atomic mass is 10.0. The molecule has 0 N–H and O–H groups in total. The second-order valence-corrected chi connectivity index (χ2v) is 3.90. The zero-order valence-corrected chi connectivity index (χ0v) is 7.53. The van der Waals surface area contributed by atoms with Crippen LogP contribution in [0.2, 0.25) is 0 Å². The van der Waals surface area contributed by atoms with Gasteiger partial charge in [0.15, 0.2) is 6.61 Å². The molecule has 2 saturated carbocycles. The minimum absolute atomic E-state index is 0.0885. The number of esters is 1. The molecule has 0 aromatic rings. The third-order valence-corrected chi connectivity index (χ3v) is 3.21. The van der Waals surface area contributed by atoms with Crippen molar-refractivity contribution in [3.05, 3.63) is 0 Å². The molecule has 0 saturated heterocycles. The van der Waals surface area contributed by atoms with Crippen molar-refractivity contribution >= 4 is 5.97 Å². The maximum atomic E-state index is 11.4. The van der Waals surface area contributed by atoms with Crippen LogP contribution >= 0.6 is 0 Å². The van der Waals surface area contributed by atoms with Crippen molar-refractivity contribution in [2.24, 2.45) is 17.8 Å². The molecule has 0 amide bonds. The van der Waals surface area contributed by atoms with Gasteiger partial charge >= 0.3 is 5.97 Å². The van der Waals surface area contributed by atoms with Crippen LogP contribution in [0.15, 0.2) is 0 Å². The lowest BCUT2D eigenvalue weighted by Gasteiger charge is -2.04. The fourth-order valence-corrected chi connectivity index (χ4v) is 2.54. The molecule has 2 rings (SSSR count). The number of rotatable bonds is 2. The molecule has 13 heavy (non-hydrogen) atoms. The third-order valence-electron chi connectivity index (χ3n) is 3.21. The number of nitriles is 1. The fourth-order valence-electron chi connectivity index (χ4n) is 2.54. The molecule has 2 unspecified atom stereocenters. The molecule has 70 valence electrons. The first-order chi connectivity index (χ1) is 6.34. The van der Waals surface area contributed by atoms with E-state index in [1.165, 1.54) is 25.7 Å². The molecular formula is C10H13NO2. The van der Waals surface area contributed by atoms with E-state index in [1.807, 2.05) is 6.07 Å². The summed E-state index contributed by atoms with van der Waals surface area (Å²) in [4.78, 5) is 11.4. The third kappa shape index (κ3) is 1.53. The zero-order valence-electron chi connectivity index (χ0n) is 7.53. The maximum absolute atomic E-state index is 11.4. The molecule has 2 atom stereocenters. The molecule has 0 aromatic heterocycles. The van der Waals surface area contributed by atoms with Crippen molar-refractivity contribution in [1.29, 1.82) is 5.26 Å². The van der Waals surface area contributed by atoms with Gasteiger partial charge in [-0.25, -0.2) is 0 Å². The van der Waals surface area contributed by atoms with E-state index < -0.39 is 0 Å². The normalized spacial score (nSPS) is 35.8. The van der Waals surface area contributed by atoms with Gasteiger partial charge in [-0.05, 0) is 24.7 Å². The molecule has 3 heteroatoms. The Balaban J connectivity index is 1.83. The lowest BCUT2D eigenvalue weighted by molar-refractivity contribution is -0.144. The van der Waals surface area contributed by atoms with Crippen molar-refractivity contribution < 1.29 is 9.53 Å². The van der Waals surface area contributed by atoms with Gasteiger partial charge in [-0.3, -0.25) is 4.79 Å². The van der Waals surface area contributed by atoms with Gasteiger partial charge in [0, 0.05) is 0 Å². The lowest BCUT2D eigenvalue weighted by Crippen LogP contribution is -2.08. The van der Waals surface area contributed by atoms with Crippen molar-refractivity contribution in [3.63, 3.8) is 0 Å². The van der Waals surface area contributed by atoms with Gasteiger partial charge in [0.2, 0.25) is 0 Å². The molecule has 0 aliphatic heterocycles. The van der Waals surface area contributed by atoms with Gasteiger partial charge < -0.3 is 4.74 Å². The quantitative estimate of drug-likeness (QED) is 0.603. The van der Waals surface area contributed by atoms with Crippen LogP contribution in [0.4, 0.5) is 0 Å². The fraction of sp³-hybridized carbons (Fsp3) is 0.800. The van der Waals surface area contributed by atoms with Crippen LogP contribution in [-0.2, 0) is 9.53 Å². The van der Waals surface area contributed by atoms with E-state index in [0.717, 1.165) is 0 Å². The van der Waals surface area contributed by atoms with E-state index in [9.17, 15) is 4.79 Å². The van der Waals surface area contributed by atoms with E-state index >= 15 is 0 Å². The first kappa shape index (κ1) is 8.55. The highest BCUT2D eigenvalue weighted by atomic mass is 16.5. The first-order valence-electron chi connectivity index (χ1n) is 4.88. The highest BCUT2D eigenvalue weighted by molar-refractivity contribution is 5.76. The predicted octanol–water partition coefficient (Wildman–Crippen LogP) is 1.49. The van der Waals surface area contributed by atoms with Crippen molar-refractivity contribution in [1.82, 2.24) is 0 Å². The van der Waals surface area contributed by atoms with Crippen LogP contribution in [0.3, 0.4) is 0 Å². The first-order valence-corrected chi connectivity index (χ1v) is 4.88. The SMILES string of the molecule is N#CCOC(=O)C1C2CCCCC21. The van der Waals surface area contributed by atoms with Gasteiger partial charge in [0.05, 0.1) is 5.92 Å². The van der Waals surface area contributed by atoms with Crippen LogP contribution in [0, 0.1) is 29.1 Å². The van der Waals surface area contributed by atoms with Crippen LogP contribution in [-0.4, -0.2) is 12.6 Å². The summed E-state index contributed by atoms with van der Waals surface area (Å²) in [5.74, 6) is 1.16. The van der Waals surface area contributed by atoms with E-state index in [4.69, 9.17) is 10.00 Å². The molecule has 3 nitrogen and oxygen atoms in total. The summed E-state index contributed by atoms with van der Waals surface area (Å²) in [6, 6.07) is 1.82. The molecule has 0 heterocycles. The Morgan fingerprint density at radius 3 is 2.54 bits per heavy atom. The standard InChI is InChI=1S/C10H13NO2/c11-5-6-13-10(12)9-7-3-1-2-4-8(7)9/h7-9H,1-4,6H2. The van der Waals surface area contributed by atoms with Gasteiger partial charge in [-0.15, -0.1) is 0 Å². The Morgan fingerprint density at radius 2 is 2.00 bits per heavy atom. The summed E-state index contributed by atoms with van der Waals surface area (Å²) in [6.07, 6.45) is 4.86. The maximum Gasteiger partial charge on any atom is 0.310 e. The van der Waals surface area contributed by atoms with Crippen molar-refractivity contribution in [3.8, 4) is 6.07 Å². The Bertz CT molecular complexity index is 244. The van der Waals surface area contributed by atoms with Gasteiger partial charge in [0.25, 0.3) is 0 Å². The Labute approximate surface area is 77.7 Å². The van der Waals surface area contributed by atoms with Gasteiger partial charge in [-0.2, -0.15) is 5.26 Å². The number of carbonyl (C=O) groups is 1. The topological polar surface area (TPSA) is 50.1 Å². The highest BCUT2D eigenvalue weighted by Crippen LogP contribution is 2.55. The Hall–Kier alpha value is -1.04. The molecular weight excluding hydrogens is 166 g/mol. The average Bonchev–Trinajstić information content (AvgIpc) is 2.88. The van der Waals surface area contributed by atoms with E-state index in [-0.39, 0.29) is 18.5 Å². The predicted molar refractivity (Wildman–Crippen MR) is 45.5 cm³/mol. The monoisotopic (exact) mass is 179 g/mol. The Morgan fingerprint density at radius 1 is 1.38 bits per heavy atom. The number of carbonyl (C=O) groups excluding carboxylic acids is 1. The molecule has 2 aliphatic carbocycles. The summed E-state index contributed by atoms with van der Waals surface area (Å²) in [6.45, 7) is -0.0885. The minimum atomic E-state index is -0.140. The number of nitrogens with zero attached hydrogens (tertiary/aromatic N) is 1. The summed E-state index contributed by atoms with van der Waals surface area (Å²) in [5.41, 5.74) is 0. The largest absolute Gasteiger partial charge is 0.450 e. The second kappa shape index (κ2) is 3.37. The average molecular weight is 179 g/mol. The number of hydrogen-bond donors (Lipinski definition) is 0. The van der Waals surface area contributed by atoms with Crippen molar-refractivity contribution in [2.75, 3.05) is 6.61 Å². The smallest absolute Gasteiger partial charge is 0.310 e. The molecule has 2 fully saturated rings. The van der Waals surface area contributed by atoms with Crippen molar-refractivity contribution in [2.45, 2.75) is 25.7 Å². The number of ether oxygens (including phenoxy) is 1. The molecule has 2 aliphatic rings. The molecule has 0 aromatic carbocycles. The summed E-state index contributed by atoms with van der Waals surface area (Å²) >= 11 is 0. The van der Waals surface area contributed by atoms with E-state index in [1.54, 1.807) is 0 Å². The minimum Gasteiger partial charge on any atom is -0.450 e. The van der Waals surface area contributed by atoms with Crippen LogP contribution in [0.25, 0.3) is 0 Å². The summed E-state index contributed by atoms with van der Waals surface area (Å²) < 4.78 is 4.81. The van der Waals surface area contributed by atoms with E-state index in [2.05, 4.69) is 0 Å². The number of fused-ring (bicyclic) bond motifs is 1. The number of hydrogen-bond acceptors (Lipinski definition) is 3. The van der Waals surface area contributed by atoms with E-state index in [0.29, 0.717) is 11.8 Å². The van der Waals surface area contributed by atoms with Crippen LogP contribution in [0.1, 0.15) is 25.7 Å². The summed E-state index contributed by atoms with van der Waals surface area (Å²) in [5, 5.41) is 8.25.